The number of alkyl halides is 1. The zero-order valence-electron chi connectivity index (χ0n) is 11.7. The van der Waals surface area contributed by atoms with Crippen LogP contribution >= 0.6 is 15.9 Å². The number of nitrogens with zero attached hydrogens (tertiary/aromatic N) is 1. The molecule has 1 amide bonds. The first-order chi connectivity index (χ1) is 9.13. The summed E-state index contributed by atoms with van der Waals surface area (Å²) in [7, 11) is 0. The van der Waals surface area contributed by atoms with Gasteiger partial charge in [-0.1, -0.05) is 60.1 Å². The third-order valence-electron chi connectivity index (χ3n) is 4.09. The molecule has 0 radical (unpaired) electrons. The van der Waals surface area contributed by atoms with Crippen LogP contribution in [0.4, 0.5) is 0 Å². The number of piperidine rings is 1. The van der Waals surface area contributed by atoms with Gasteiger partial charge in [-0.25, -0.2) is 0 Å². The van der Waals surface area contributed by atoms with Crippen molar-refractivity contribution < 1.29 is 4.79 Å². The minimum atomic E-state index is 0.00862. The molecule has 0 saturated carbocycles. The number of rotatable bonds is 3. The van der Waals surface area contributed by atoms with Crippen molar-refractivity contribution in [3.05, 3.63) is 35.9 Å². The lowest BCUT2D eigenvalue weighted by molar-refractivity contribution is -0.134. The third kappa shape index (κ3) is 3.38. The van der Waals surface area contributed by atoms with Gasteiger partial charge in [0, 0.05) is 17.9 Å². The van der Waals surface area contributed by atoms with Crippen LogP contribution in [0.15, 0.2) is 30.3 Å². The van der Waals surface area contributed by atoms with Gasteiger partial charge < -0.3 is 4.90 Å². The Labute approximate surface area is 124 Å². The fraction of sp³-hybridized carbons (Fsp3) is 0.562. The molecule has 0 aliphatic carbocycles. The van der Waals surface area contributed by atoms with Gasteiger partial charge in [0.15, 0.2) is 0 Å². The fourth-order valence-electron chi connectivity index (χ4n) is 2.68. The van der Waals surface area contributed by atoms with E-state index in [-0.39, 0.29) is 11.8 Å². The maximum Gasteiger partial charge on any atom is 0.230 e. The molecule has 0 aromatic heterocycles. The summed E-state index contributed by atoms with van der Waals surface area (Å²) in [6.45, 7) is 6.07. The van der Waals surface area contributed by atoms with Crippen molar-refractivity contribution in [2.45, 2.75) is 37.4 Å². The molecule has 1 aromatic rings. The Morgan fingerprint density at radius 2 is 2.11 bits per heavy atom. The average Bonchev–Trinajstić information content (AvgIpc) is 2.44. The van der Waals surface area contributed by atoms with Gasteiger partial charge in [0.25, 0.3) is 0 Å². The molecular weight excluding hydrogens is 302 g/mol. The van der Waals surface area contributed by atoms with E-state index in [2.05, 4.69) is 41.9 Å². The zero-order chi connectivity index (χ0) is 13.8. The molecule has 2 rings (SSSR count). The number of hydrogen-bond donors (Lipinski definition) is 0. The Morgan fingerprint density at radius 1 is 1.42 bits per heavy atom. The normalized spacial score (nSPS) is 25.1. The van der Waals surface area contributed by atoms with Crippen molar-refractivity contribution in [1.82, 2.24) is 4.90 Å². The second-order valence-electron chi connectivity index (χ2n) is 5.44. The lowest BCUT2D eigenvalue weighted by Gasteiger charge is -2.36. The van der Waals surface area contributed by atoms with Gasteiger partial charge in [0.1, 0.15) is 0 Å². The van der Waals surface area contributed by atoms with Crippen LogP contribution in [-0.2, 0) is 4.79 Å². The Kier molecular flexibility index (Phi) is 5.03. The van der Waals surface area contributed by atoms with E-state index in [9.17, 15) is 4.79 Å². The third-order valence-corrected chi connectivity index (χ3v) is 5.28. The highest BCUT2D eigenvalue weighted by Crippen LogP contribution is 2.28. The van der Waals surface area contributed by atoms with Crippen LogP contribution in [0.3, 0.4) is 0 Å². The van der Waals surface area contributed by atoms with Crippen molar-refractivity contribution in [1.29, 1.82) is 0 Å². The van der Waals surface area contributed by atoms with Crippen LogP contribution in [-0.4, -0.2) is 28.7 Å². The molecule has 0 bridgehead atoms. The minimum absolute atomic E-state index is 0.00862. The molecule has 3 atom stereocenters. The number of benzene rings is 1. The van der Waals surface area contributed by atoms with Gasteiger partial charge in [-0.15, -0.1) is 0 Å². The van der Waals surface area contributed by atoms with E-state index >= 15 is 0 Å². The van der Waals surface area contributed by atoms with E-state index in [1.165, 1.54) is 0 Å². The van der Waals surface area contributed by atoms with Crippen molar-refractivity contribution in [3.63, 3.8) is 0 Å². The van der Waals surface area contributed by atoms with Crippen LogP contribution in [0, 0.1) is 5.92 Å². The van der Waals surface area contributed by atoms with E-state index in [0.29, 0.717) is 10.7 Å². The van der Waals surface area contributed by atoms with Gasteiger partial charge in [0.2, 0.25) is 5.91 Å². The van der Waals surface area contributed by atoms with Crippen LogP contribution in [0.5, 0.6) is 0 Å². The van der Waals surface area contributed by atoms with E-state index in [1.54, 1.807) is 0 Å². The Morgan fingerprint density at radius 3 is 2.68 bits per heavy atom. The molecule has 1 aromatic carbocycles. The molecule has 1 aliphatic rings. The van der Waals surface area contributed by atoms with Gasteiger partial charge in [-0.3, -0.25) is 4.79 Å². The zero-order valence-corrected chi connectivity index (χ0v) is 13.3. The van der Waals surface area contributed by atoms with Crippen LogP contribution < -0.4 is 0 Å². The number of amides is 1. The van der Waals surface area contributed by atoms with E-state index in [1.807, 2.05) is 23.1 Å². The largest absolute Gasteiger partial charge is 0.341 e. The van der Waals surface area contributed by atoms with Gasteiger partial charge in [-0.2, -0.15) is 0 Å². The second-order valence-corrected chi connectivity index (χ2v) is 6.61. The molecular formula is C16H22BrNO. The maximum absolute atomic E-state index is 12.7. The average molecular weight is 324 g/mol. The Hall–Kier alpha value is -0.830. The monoisotopic (exact) mass is 323 g/mol. The highest BCUT2D eigenvalue weighted by molar-refractivity contribution is 9.09. The molecule has 19 heavy (non-hydrogen) atoms. The molecule has 1 heterocycles. The highest BCUT2D eigenvalue weighted by Gasteiger charge is 2.30. The number of halogens is 1. The molecule has 1 fully saturated rings. The first kappa shape index (κ1) is 14.6. The number of hydrogen-bond acceptors (Lipinski definition) is 1. The van der Waals surface area contributed by atoms with Crippen molar-refractivity contribution >= 4 is 21.8 Å². The molecule has 0 spiro atoms. The molecule has 2 nitrogen and oxygen atoms in total. The van der Waals surface area contributed by atoms with Crippen LogP contribution in [0.1, 0.15) is 38.2 Å². The fourth-order valence-corrected chi connectivity index (χ4v) is 3.29. The number of carbonyl (C=O) groups excluding carboxylic acids is 1. The first-order valence-corrected chi connectivity index (χ1v) is 8.02. The van der Waals surface area contributed by atoms with Crippen molar-refractivity contribution in [3.8, 4) is 0 Å². The molecule has 1 saturated heterocycles. The minimum Gasteiger partial charge on any atom is -0.341 e. The van der Waals surface area contributed by atoms with Gasteiger partial charge in [-0.05, 0) is 24.3 Å². The summed E-state index contributed by atoms with van der Waals surface area (Å²) in [5.41, 5.74) is 1.14. The lowest BCUT2D eigenvalue weighted by Crippen LogP contribution is -2.45. The Balaban J connectivity index is 2.09. The lowest BCUT2D eigenvalue weighted by atomic mass is 9.92. The van der Waals surface area contributed by atoms with Crippen LogP contribution in [0.2, 0.25) is 0 Å². The van der Waals surface area contributed by atoms with E-state index in [4.69, 9.17) is 0 Å². The summed E-state index contributed by atoms with van der Waals surface area (Å²) in [5, 5.41) is 0. The highest BCUT2D eigenvalue weighted by atomic mass is 79.9. The summed E-state index contributed by atoms with van der Waals surface area (Å²) in [4.78, 5) is 15.1. The quantitative estimate of drug-likeness (QED) is 0.774. The topological polar surface area (TPSA) is 20.3 Å². The number of carbonyl (C=O) groups is 1. The predicted molar refractivity (Wildman–Crippen MR) is 82.6 cm³/mol. The molecule has 104 valence electrons. The first-order valence-electron chi connectivity index (χ1n) is 7.11. The molecule has 3 unspecified atom stereocenters. The van der Waals surface area contributed by atoms with Gasteiger partial charge in [0.05, 0.1) is 5.92 Å². The maximum atomic E-state index is 12.7. The second kappa shape index (κ2) is 6.56. The van der Waals surface area contributed by atoms with E-state index in [0.717, 1.165) is 31.5 Å². The number of likely N-dealkylation sites (tertiary alicyclic amines) is 1. The standard InChI is InChI=1S/C16H22BrNO/c1-3-14(13-7-5-4-6-8-13)16(19)18-10-9-12(2)15(17)11-18/h4-8,12,14-15H,3,9-11H2,1-2H3. The summed E-state index contributed by atoms with van der Waals surface area (Å²) >= 11 is 3.70. The van der Waals surface area contributed by atoms with Crippen LogP contribution in [0.25, 0.3) is 0 Å². The smallest absolute Gasteiger partial charge is 0.230 e. The van der Waals surface area contributed by atoms with Crippen molar-refractivity contribution in [2.24, 2.45) is 5.92 Å². The molecule has 1 aliphatic heterocycles. The summed E-state index contributed by atoms with van der Waals surface area (Å²) < 4.78 is 0. The van der Waals surface area contributed by atoms with Gasteiger partial charge >= 0.3 is 0 Å². The van der Waals surface area contributed by atoms with Crippen molar-refractivity contribution in [2.75, 3.05) is 13.1 Å². The summed E-state index contributed by atoms with van der Waals surface area (Å²) in [5.74, 6) is 0.945. The summed E-state index contributed by atoms with van der Waals surface area (Å²) in [6.07, 6.45) is 1.95. The molecule has 3 heteroatoms. The molecule has 0 N–H and O–H groups in total. The SMILES string of the molecule is CCC(C(=O)N1CCC(C)C(Br)C1)c1ccccc1. The Bertz CT molecular complexity index is 420. The van der Waals surface area contributed by atoms with E-state index < -0.39 is 0 Å². The summed E-state index contributed by atoms with van der Waals surface area (Å²) in [6, 6.07) is 10.1. The predicted octanol–water partition coefficient (Wildman–Crippen LogP) is 3.81.